The van der Waals surface area contributed by atoms with Crippen LogP contribution < -0.4 is 15.0 Å². The Kier molecular flexibility index (Phi) is 7.55. The van der Waals surface area contributed by atoms with E-state index in [9.17, 15) is 27.6 Å². The fourth-order valence-electron chi connectivity index (χ4n) is 3.50. The number of carbonyl (C=O) groups excluding carboxylic acids is 2. The highest BCUT2D eigenvalue weighted by Crippen LogP contribution is 2.31. The molecule has 0 spiro atoms. The van der Waals surface area contributed by atoms with Crippen molar-refractivity contribution in [3.05, 3.63) is 58.6 Å². The van der Waals surface area contributed by atoms with E-state index in [0.29, 0.717) is 11.3 Å². The lowest BCUT2D eigenvalue weighted by molar-refractivity contribution is -0.153. The maximum atomic E-state index is 13.4. The molecule has 34 heavy (non-hydrogen) atoms. The van der Waals surface area contributed by atoms with E-state index in [-0.39, 0.29) is 29.4 Å². The molecule has 0 aliphatic carbocycles. The van der Waals surface area contributed by atoms with Gasteiger partial charge in [-0.1, -0.05) is 29.8 Å². The third-order valence-electron chi connectivity index (χ3n) is 5.07. The van der Waals surface area contributed by atoms with Crippen molar-refractivity contribution < 1.29 is 37.4 Å². The van der Waals surface area contributed by atoms with Gasteiger partial charge in [-0.15, -0.1) is 0 Å². The molecule has 1 aliphatic rings. The van der Waals surface area contributed by atoms with Crippen LogP contribution in [0.5, 0.6) is 5.75 Å². The van der Waals surface area contributed by atoms with E-state index in [1.165, 1.54) is 21.9 Å². The number of nitrogens with one attached hydrogen (secondary N) is 1. The van der Waals surface area contributed by atoms with Crippen LogP contribution in [0.25, 0.3) is 0 Å². The minimum Gasteiger partial charge on any atom is -0.484 e. The van der Waals surface area contributed by atoms with Gasteiger partial charge in [-0.3, -0.25) is 9.59 Å². The summed E-state index contributed by atoms with van der Waals surface area (Å²) < 4.78 is 41.9. The van der Waals surface area contributed by atoms with E-state index in [2.05, 4.69) is 10.1 Å². The third-order valence-corrected chi connectivity index (χ3v) is 5.38. The van der Waals surface area contributed by atoms with Gasteiger partial charge in [0.2, 0.25) is 0 Å². The van der Waals surface area contributed by atoms with Gasteiger partial charge in [-0.2, -0.15) is 13.2 Å². The Morgan fingerprint density at radius 3 is 2.56 bits per heavy atom. The highest BCUT2D eigenvalue weighted by Gasteiger charge is 2.33. The van der Waals surface area contributed by atoms with Gasteiger partial charge >= 0.3 is 18.2 Å². The first-order valence-electron chi connectivity index (χ1n) is 10.1. The first kappa shape index (κ1) is 25.2. The van der Waals surface area contributed by atoms with Crippen molar-refractivity contribution in [2.45, 2.75) is 25.7 Å². The van der Waals surface area contributed by atoms with Crippen LogP contribution in [0.2, 0.25) is 5.02 Å². The average molecular weight is 500 g/mol. The first-order valence-corrected chi connectivity index (χ1v) is 10.5. The van der Waals surface area contributed by atoms with Crippen LogP contribution in [-0.4, -0.2) is 59.8 Å². The average Bonchev–Trinajstić information content (AvgIpc) is 2.92. The van der Waals surface area contributed by atoms with Crippen molar-refractivity contribution in [3.8, 4) is 5.75 Å². The number of alkyl halides is 3. The number of benzene rings is 2. The molecule has 3 amide bonds. The largest absolute Gasteiger partial charge is 0.484 e. The molecule has 3 rings (SSSR count). The van der Waals surface area contributed by atoms with Gasteiger partial charge in [0.1, 0.15) is 12.3 Å². The zero-order valence-electron chi connectivity index (χ0n) is 17.9. The van der Waals surface area contributed by atoms with Gasteiger partial charge in [0.05, 0.1) is 10.6 Å². The van der Waals surface area contributed by atoms with Crippen LogP contribution in [0.3, 0.4) is 0 Å². The fraction of sp³-hybridized carbons (Fsp3) is 0.318. The molecule has 2 N–H and O–H groups in total. The van der Waals surface area contributed by atoms with Gasteiger partial charge in [0.15, 0.2) is 6.61 Å². The summed E-state index contributed by atoms with van der Waals surface area (Å²) in [5.41, 5.74) is 1.22. The topological polar surface area (TPSA) is 99.2 Å². The first-order chi connectivity index (χ1) is 16.0. The second kappa shape index (κ2) is 10.2. The number of hydrogen-bond acceptors (Lipinski definition) is 4. The molecule has 0 fully saturated rings. The molecule has 1 heterocycles. The maximum absolute atomic E-state index is 13.4. The third kappa shape index (κ3) is 6.10. The Morgan fingerprint density at radius 2 is 1.91 bits per heavy atom. The highest BCUT2D eigenvalue weighted by atomic mass is 35.5. The Labute approximate surface area is 197 Å². The lowest BCUT2D eigenvalue weighted by Crippen LogP contribution is -2.49. The van der Waals surface area contributed by atoms with Gasteiger partial charge in [0, 0.05) is 24.8 Å². The van der Waals surface area contributed by atoms with E-state index in [4.69, 9.17) is 16.7 Å². The van der Waals surface area contributed by atoms with Crippen molar-refractivity contribution in [2.75, 3.05) is 24.6 Å². The number of fused-ring (bicyclic) bond motifs is 1. The molecule has 182 valence electrons. The number of hydrogen-bond donors (Lipinski definition) is 2. The Morgan fingerprint density at radius 1 is 1.21 bits per heavy atom. The van der Waals surface area contributed by atoms with Gasteiger partial charge < -0.3 is 25.0 Å². The van der Waals surface area contributed by atoms with Crippen LogP contribution in [-0.2, 0) is 11.3 Å². The summed E-state index contributed by atoms with van der Waals surface area (Å²) in [6.07, 6.45) is -4.52. The smallest absolute Gasteiger partial charge is 0.422 e. The van der Waals surface area contributed by atoms with Gasteiger partial charge in [-0.25, -0.2) is 4.79 Å². The molecule has 0 bridgehead atoms. The number of ether oxygens (including phenoxy) is 1. The van der Waals surface area contributed by atoms with Crippen molar-refractivity contribution in [3.63, 3.8) is 0 Å². The molecule has 0 saturated heterocycles. The normalized spacial score (nSPS) is 15.9. The molecule has 2 aromatic carbocycles. The van der Waals surface area contributed by atoms with Crippen LogP contribution >= 0.6 is 11.6 Å². The number of carbonyl (C=O) groups is 3. The number of aliphatic carboxylic acids is 1. The molecule has 1 aliphatic heterocycles. The summed E-state index contributed by atoms with van der Waals surface area (Å²) in [5, 5.41) is 11.1. The van der Waals surface area contributed by atoms with E-state index < -0.39 is 43.3 Å². The fourth-order valence-corrected chi connectivity index (χ4v) is 3.75. The summed E-state index contributed by atoms with van der Waals surface area (Å²) in [4.78, 5) is 39.7. The van der Waals surface area contributed by atoms with Crippen LogP contribution in [0, 0.1) is 0 Å². The minimum atomic E-state index is -4.52. The standard InChI is InChI=1S/C22H21ClF3N3O5/c1-13-10-29(20(32)16-7-6-15(8-17(16)23)34-12-22(24,25)26)18-5-3-2-4-14(18)11-28(13)21(33)27-9-19(30)31/h2-8,13H,9-12H2,1H3,(H,27,33)(H,30,31)/t13-/m1/s1. The summed E-state index contributed by atoms with van der Waals surface area (Å²) in [6, 6.07) is 9.45. The number of carboxylic acid groups (broad SMARTS) is 1. The van der Waals surface area contributed by atoms with Crippen LogP contribution in [0.15, 0.2) is 42.5 Å². The number of urea groups is 1. The SMILES string of the molecule is C[C@@H]1CN(C(=O)c2ccc(OCC(F)(F)F)cc2Cl)c2ccccc2CN1C(=O)NCC(=O)O. The number of nitrogens with zero attached hydrogens (tertiary/aromatic N) is 2. The monoisotopic (exact) mass is 499 g/mol. The number of halogens is 4. The van der Waals surface area contributed by atoms with Crippen molar-refractivity contribution >= 4 is 35.2 Å². The number of amides is 3. The predicted molar refractivity (Wildman–Crippen MR) is 117 cm³/mol. The summed E-state index contributed by atoms with van der Waals surface area (Å²) in [7, 11) is 0. The lowest BCUT2D eigenvalue weighted by Gasteiger charge is -2.29. The molecule has 12 heteroatoms. The summed E-state index contributed by atoms with van der Waals surface area (Å²) in [6.45, 7) is -0.135. The maximum Gasteiger partial charge on any atom is 0.422 e. The molecule has 1 atom stereocenters. The highest BCUT2D eigenvalue weighted by molar-refractivity contribution is 6.34. The lowest BCUT2D eigenvalue weighted by atomic mass is 10.1. The number of para-hydroxylation sites is 1. The molecule has 0 saturated carbocycles. The Bertz CT molecular complexity index is 1100. The van der Waals surface area contributed by atoms with Crippen molar-refractivity contribution in [1.82, 2.24) is 10.2 Å². The van der Waals surface area contributed by atoms with Crippen LogP contribution in [0.1, 0.15) is 22.8 Å². The molecule has 2 aromatic rings. The molecule has 0 aromatic heterocycles. The van der Waals surface area contributed by atoms with E-state index in [0.717, 1.165) is 6.07 Å². The van der Waals surface area contributed by atoms with E-state index >= 15 is 0 Å². The second-order valence-electron chi connectivity index (χ2n) is 7.62. The van der Waals surface area contributed by atoms with Gasteiger partial charge in [-0.05, 0) is 36.8 Å². The zero-order valence-corrected chi connectivity index (χ0v) is 18.7. The van der Waals surface area contributed by atoms with Crippen LogP contribution in [0.4, 0.5) is 23.7 Å². The Hall–Kier alpha value is -3.47. The molecule has 0 radical (unpaired) electrons. The van der Waals surface area contributed by atoms with E-state index in [1.54, 1.807) is 31.2 Å². The number of rotatable bonds is 5. The van der Waals surface area contributed by atoms with Crippen molar-refractivity contribution in [2.24, 2.45) is 0 Å². The quantitative estimate of drug-likeness (QED) is 0.649. The van der Waals surface area contributed by atoms with Gasteiger partial charge in [0.25, 0.3) is 5.91 Å². The summed E-state index contributed by atoms with van der Waals surface area (Å²) in [5.74, 6) is -1.84. The predicted octanol–water partition coefficient (Wildman–Crippen LogP) is 3.93. The molecule has 8 nitrogen and oxygen atoms in total. The Balaban J connectivity index is 1.87. The molecule has 0 unspecified atom stereocenters. The van der Waals surface area contributed by atoms with E-state index in [1.807, 2.05) is 0 Å². The zero-order chi connectivity index (χ0) is 25.0. The second-order valence-corrected chi connectivity index (χ2v) is 8.03. The number of carboxylic acids is 1. The molecular weight excluding hydrogens is 479 g/mol. The van der Waals surface area contributed by atoms with Crippen molar-refractivity contribution in [1.29, 1.82) is 0 Å². The summed E-state index contributed by atoms with van der Waals surface area (Å²) >= 11 is 6.21. The number of anilines is 1. The molecular formula is C22H21ClF3N3O5. The minimum absolute atomic E-state index is 0.0480.